The average molecular weight is 437 g/mol. The van der Waals surface area contributed by atoms with Crippen LogP contribution in [0.4, 0.5) is 13.2 Å². The Morgan fingerprint density at radius 1 is 1.33 bits per heavy atom. The van der Waals surface area contributed by atoms with Crippen LogP contribution in [-0.2, 0) is 17.3 Å². The highest BCUT2D eigenvalue weighted by atomic mass is 32.1. The number of amides is 1. The van der Waals surface area contributed by atoms with Gasteiger partial charge in [0.2, 0.25) is 0 Å². The van der Waals surface area contributed by atoms with Crippen molar-refractivity contribution in [2.75, 3.05) is 19.7 Å². The van der Waals surface area contributed by atoms with E-state index in [4.69, 9.17) is 9.26 Å². The molecule has 4 rings (SSSR count). The molecule has 0 unspecified atom stereocenters. The molecule has 1 atom stereocenters. The molecule has 1 amide bonds. The van der Waals surface area contributed by atoms with E-state index in [1.54, 1.807) is 11.0 Å². The van der Waals surface area contributed by atoms with Gasteiger partial charge in [-0.05, 0) is 35.6 Å². The van der Waals surface area contributed by atoms with Crippen molar-refractivity contribution in [2.24, 2.45) is 0 Å². The second-order valence-electron chi connectivity index (χ2n) is 7.02. The number of hydrogen-bond donors (Lipinski definition) is 0. The summed E-state index contributed by atoms with van der Waals surface area (Å²) in [6.45, 7) is 2.98. The Bertz CT molecular complexity index is 1050. The van der Waals surface area contributed by atoms with Crippen molar-refractivity contribution < 1.29 is 27.2 Å². The number of aromatic nitrogens is 2. The number of rotatable bonds is 4. The molecule has 30 heavy (non-hydrogen) atoms. The van der Waals surface area contributed by atoms with E-state index < -0.39 is 17.8 Å². The molecular weight excluding hydrogens is 419 g/mol. The van der Waals surface area contributed by atoms with Gasteiger partial charge in [0.1, 0.15) is 0 Å². The predicted octanol–water partition coefficient (Wildman–Crippen LogP) is 4.26. The lowest BCUT2D eigenvalue weighted by molar-refractivity contribution is -0.137. The summed E-state index contributed by atoms with van der Waals surface area (Å²) in [5, 5.41) is 5.78. The summed E-state index contributed by atoms with van der Waals surface area (Å²) >= 11 is 1.39. The number of alkyl halides is 3. The third-order valence-corrected chi connectivity index (χ3v) is 5.71. The molecule has 0 spiro atoms. The molecule has 6 nitrogen and oxygen atoms in total. The number of carbonyl (C=O) groups excluding carboxylic acids is 1. The quantitative estimate of drug-likeness (QED) is 0.610. The minimum Gasteiger partial charge on any atom is -0.365 e. The second kappa shape index (κ2) is 8.19. The molecule has 1 aliphatic rings. The summed E-state index contributed by atoms with van der Waals surface area (Å²) in [7, 11) is 0. The summed E-state index contributed by atoms with van der Waals surface area (Å²) in [6.07, 6.45) is -4.89. The first-order valence-corrected chi connectivity index (χ1v) is 10.1. The number of carbonyl (C=O) groups is 1. The van der Waals surface area contributed by atoms with Crippen molar-refractivity contribution in [3.63, 3.8) is 0 Å². The fourth-order valence-corrected chi connectivity index (χ4v) is 4.06. The Balaban J connectivity index is 1.44. The SMILES string of the molecule is Cc1csc(C(=O)N2CCO[C@H](c3nc(Cc4cccc(C(F)(F)F)c4)no3)C2)c1. The molecule has 0 saturated carbocycles. The summed E-state index contributed by atoms with van der Waals surface area (Å²) in [4.78, 5) is 19.3. The van der Waals surface area contributed by atoms with Gasteiger partial charge in [-0.1, -0.05) is 23.4 Å². The smallest absolute Gasteiger partial charge is 0.365 e. The summed E-state index contributed by atoms with van der Waals surface area (Å²) in [6, 6.07) is 6.85. The van der Waals surface area contributed by atoms with Gasteiger partial charge < -0.3 is 14.2 Å². The number of nitrogens with zero attached hydrogens (tertiary/aromatic N) is 3. The minimum atomic E-state index is -4.41. The number of hydrogen-bond acceptors (Lipinski definition) is 6. The molecule has 1 saturated heterocycles. The number of thiophene rings is 1. The summed E-state index contributed by atoms with van der Waals surface area (Å²) in [5.41, 5.74) is 0.730. The average Bonchev–Trinajstić information content (AvgIpc) is 3.36. The van der Waals surface area contributed by atoms with Crippen molar-refractivity contribution in [2.45, 2.75) is 25.6 Å². The molecule has 10 heteroatoms. The van der Waals surface area contributed by atoms with Crippen molar-refractivity contribution >= 4 is 17.2 Å². The highest BCUT2D eigenvalue weighted by molar-refractivity contribution is 7.12. The first kappa shape index (κ1) is 20.5. The highest BCUT2D eigenvalue weighted by Crippen LogP contribution is 2.30. The van der Waals surface area contributed by atoms with Gasteiger partial charge in [0.15, 0.2) is 11.9 Å². The third-order valence-electron chi connectivity index (χ3n) is 4.67. The number of benzene rings is 1. The molecule has 0 bridgehead atoms. The van der Waals surface area contributed by atoms with Crippen LogP contribution in [0.5, 0.6) is 0 Å². The van der Waals surface area contributed by atoms with Crippen molar-refractivity contribution in [1.29, 1.82) is 0 Å². The Morgan fingerprint density at radius 3 is 2.90 bits per heavy atom. The maximum Gasteiger partial charge on any atom is 0.416 e. The molecule has 0 aliphatic carbocycles. The number of aryl methyl sites for hydroxylation is 1. The van der Waals surface area contributed by atoms with E-state index in [-0.39, 0.29) is 30.6 Å². The molecule has 0 N–H and O–H groups in total. The van der Waals surface area contributed by atoms with Crippen LogP contribution in [0.3, 0.4) is 0 Å². The van der Waals surface area contributed by atoms with E-state index in [9.17, 15) is 18.0 Å². The summed E-state index contributed by atoms with van der Waals surface area (Å²) < 4.78 is 49.6. The van der Waals surface area contributed by atoms with Gasteiger partial charge in [-0.2, -0.15) is 18.2 Å². The Kier molecular flexibility index (Phi) is 5.61. The van der Waals surface area contributed by atoms with Crippen LogP contribution in [-0.4, -0.2) is 40.6 Å². The standard InChI is InChI=1S/C20H18F3N3O3S/c1-12-7-16(30-11-12)19(27)26-5-6-28-15(10-26)18-24-17(25-29-18)9-13-3-2-4-14(8-13)20(21,22)23/h2-4,7-8,11,15H,5-6,9-10H2,1H3/t15-/m0/s1. The molecule has 1 aromatic carbocycles. The maximum atomic E-state index is 12.9. The Labute approximate surface area is 174 Å². The second-order valence-corrected chi connectivity index (χ2v) is 7.93. The van der Waals surface area contributed by atoms with E-state index in [0.717, 1.165) is 17.7 Å². The molecule has 158 valence electrons. The lowest BCUT2D eigenvalue weighted by Crippen LogP contribution is -2.42. The zero-order valence-electron chi connectivity index (χ0n) is 16.0. The van der Waals surface area contributed by atoms with Gasteiger partial charge in [-0.3, -0.25) is 4.79 Å². The van der Waals surface area contributed by atoms with Crippen molar-refractivity contribution in [1.82, 2.24) is 15.0 Å². The lowest BCUT2D eigenvalue weighted by atomic mass is 10.1. The predicted molar refractivity (Wildman–Crippen MR) is 102 cm³/mol. The van der Waals surface area contributed by atoms with Gasteiger partial charge in [0.25, 0.3) is 11.8 Å². The molecule has 3 heterocycles. The van der Waals surface area contributed by atoms with E-state index in [0.29, 0.717) is 23.6 Å². The van der Waals surface area contributed by atoms with Gasteiger partial charge in [0.05, 0.1) is 23.6 Å². The van der Waals surface area contributed by atoms with Gasteiger partial charge in [-0.25, -0.2) is 0 Å². The Morgan fingerprint density at radius 2 is 2.17 bits per heavy atom. The van der Waals surface area contributed by atoms with Crippen LogP contribution in [0.15, 0.2) is 40.2 Å². The topological polar surface area (TPSA) is 68.5 Å². The van der Waals surface area contributed by atoms with E-state index in [1.165, 1.54) is 17.4 Å². The monoisotopic (exact) mass is 437 g/mol. The molecule has 3 aromatic rings. The van der Waals surface area contributed by atoms with Crippen LogP contribution in [0.25, 0.3) is 0 Å². The van der Waals surface area contributed by atoms with Gasteiger partial charge in [0, 0.05) is 13.0 Å². The maximum absolute atomic E-state index is 12.9. The fourth-order valence-electron chi connectivity index (χ4n) is 3.19. The molecule has 2 aromatic heterocycles. The minimum absolute atomic E-state index is 0.0786. The number of ether oxygens (including phenoxy) is 1. The van der Waals surface area contributed by atoms with Crippen LogP contribution in [0.2, 0.25) is 0 Å². The van der Waals surface area contributed by atoms with Crippen LogP contribution in [0.1, 0.15) is 44.2 Å². The lowest BCUT2D eigenvalue weighted by Gasteiger charge is -2.30. The normalized spacial score (nSPS) is 17.3. The summed E-state index contributed by atoms with van der Waals surface area (Å²) in [5.74, 6) is 0.382. The van der Waals surface area contributed by atoms with Crippen LogP contribution < -0.4 is 0 Å². The van der Waals surface area contributed by atoms with E-state index in [2.05, 4.69) is 10.1 Å². The van der Waals surface area contributed by atoms with Crippen LogP contribution >= 0.6 is 11.3 Å². The Hall–Kier alpha value is -2.72. The molecule has 1 aliphatic heterocycles. The fraction of sp³-hybridized carbons (Fsp3) is 0.350. The van der Waals surface area contributed by atoms with E-state index in [1.807, 2.05) is 18.4 Å². The van der Waals surface area contributed by atoms with E-state index >= 15 is 0 Å². The molecule has 1 fully saturated rings. The zero-order valence-corrected chi connectivity index (χ0v) is 16.8. The van der Waals surface area contributed by atoms with Gasteiger partial charge in [-0.15, -0.1) is 11.3 Å². The number of morpholine rings is 1. The first-order chi connectivity index (χ1) is 14.3. The first-order valence-electron chi connectivity index (χ1n) is 9.24. The molecular formula is C20H18F3N3O3S. The van der Waals surface area contributed by atoms with Gasteiger partial charge >= 0.3 is 6.18 Å². The molecule has 0 radical (unpaired) electrons. The van der Waals surface area contributed by atoms with Crippen molar-refractivity contribution in [3.05, 3.63) is 69.0 Å². The number of halogens is 3. The zero-order chi connectivity index (χ0) is 21.3. The van der Waals surface area contributed by atoms with Crippen LogP contribution in [0, 0.1) is 6.92 Å². The largest absolute Gasteiger partial charge is 0.416 e. The third kappa shape index (κ3) is 4.54. The van der Waals surface area contributed by atoms with Crippen molar-refractivity contribution in [3.8, 4) is 0 Å². The highest BCUT2D eigenvalue weighted by Gasteiger charge is 2.32.